The molecule has 3 atom stereocenters. The number of hydroxylamine groups is 2. The van der Waals surface area contributed by atoms with E-state index in [1.165, 1.54) is 0 Å². The molecule has 2 aliphatic rings. The number of benzene rings is 3. The number of nitrogens with zero attached hydrogens (tertiary/aromatic N) is 1. The molecule has 1 aliphatic heterocycles. The fourth-order valence-electron chi connectivity index (χ4n) is 4.71. The predicted octanol–water partition coefficient (Wildman–Crippen LogP) is 4.44. The summed E-state index contributed by atoms with van der Waals surface area (Å²) in [6.07, 6.45) is 0.552. The number of carboxylic acids is 1. The zero-order valence-corrected chi connectivity index (χ0v) is 18.3. The minimum Gasteiger partial charge on any atom is -0.490 e. The van der Waals surface area contributed by atoms with E-state index in [2.05, 4.69) is 0 Å². The normalized spacial score (nSPS) is 21.5. The Morgan fingerprint density at radius 3 is 2.03 bits per heavy atom. The number of hydrogen-bond donors (Lipinski definition) is 1. The minimum atomic E-state index is -0.987. The minimum absolute atomic E-state index is 0.0603. The monoisotopic (exact) mass is 457 g/mol. The third-order valence-electron chi connectivity index (χ3n) is 6.44. The van der Waals surface area contributed by atoms with Gasteiger partial charge in [0.25, 0.3) is 11.8 Å². The van der Waals surface area contributed by atoms with Gasteiger partial charge in [0.1, 0.15) is 11.9 Å². The lowest BCUT2D eigenvalue weighted by Gasteiger charge is -2.23. The molecule has 5 rings (SSSR count). The van der Waals surface area contributed by atoms with Crippen molar-refractivity contribution in [3.63, 3.8) is 0 Å². The van der Waals surface area contributed by atoms with Crippen molar-refractivity contribution >= 4 is 17.8 Å². The van der Waals surface area contributed by atoms with Crippen molar-refractivity contribution in [3.05, 3.63) is 90.0 Å². The maximum absolute atomic E-state index is 12.5. The molecule has 0 saturated heterocycles. The molecule has 0 aromatic heterocycles. The smallest absolute Gasteiger partial charge is 0.310 e. The molecule has 7 heteroatoms. The molecule has 0 radical (unpaired) electrons. The van der Waals surface area contributed by atoms with E-state index >= 15 is 0 Å². The predicted molar refractivity (Wildman–Crippen MR) is 123 cm³/mol. The molecule has 34 heavy (non-hydrogen) atoms. The molecule has 1 aliphatic carbocycles. The summed E-state index contributed by atoms with van der Waals surface area (Å²) in [5.74, 6) is -2.66. The van der Waals surface area contributed by atoms with Crippen molar-refractivity contribution in [2.45, 2.75) is 18.9 Å². The van der Waals surface area contributed by atoms with Crippen LogP contribution in [0.3, 0.4) is 0 Å². The number of carbonyl (C=O) groups excluding carboxylic acids is 2. The van der Waals surface area contributed by atoms with Crippen molar-refractivity contribution in [1.29, 1.82) is 0 Å². The van der Waals surface area contributed by atoms with Crippen LogP contribution < -0.4 is 4.74 Å². The molecular formula is C27H23NO6. The molecule has 3 aromatic carbocycles. The highest BCUT2D eigenvalue weighted by Crippen LogP contribution is 2.36. The molecular weight excluding hydrogens is 434 g/mol. The molecule has 0 bridgehead atoms. The summed E-state index contributed by atoms with van der Waals surface area (Å²) in [7, 11) is 0. The molecule has 0 unspecified atom stereocenters. The van der Waals surface area contributed by atoms with Gasteiger partial charge in [-0.1, -0.05) is 54.6 Å². The van der Waals surface area contributed by atoms with Gasteiger partial charge >= 0.3 is 5.97 Å². The van der Waals surface area contributed by atoms with E-state index in [1.807, 2.05) is 54.6 Å². The van der Waals surface area contributed by atoms with Crippen LogP contribution in [0, 0.1) is 11.8 Å². The van der Waals surface area contributed by atoms with Crippen molar-refractivity contribution in [1.82, 2.24) is 5.06 Å². The third kappa shape index (κ3) is 4.06. The maximum Gasteiger partial charge on any atom is 0.310 e. The molecule has 1 N–H and O–H groups in total. The number of rotatable bonds is 7. The highest BCUT2D eigenvalue weighted by atomic mass is 16.7. The topological polar surface area (TPSA) is 93.1 Å². The van der Waals surface area contributed by atoms with E-state index in [0.29, 0.717) is 18.6 Å². The molecule has 0 spiro atoms. The van der Waals surface area contributed by atoms with Gasteiger partial charge < -0.3 is 9.84 Å². The standard InChI is InChI=1S/C27H23NO6/c29-25-21-8-4-5-9-22(21)26(30)28(25)33-16-19-12-15-23(24(19)27(31)32)34-20-13-10-18(11-14-20)17-6-2-1-3-7-17/h1-11,13-14,19,23-24H,12,15-16H2,(H,31,32)/t19-,23-,24+/m1/s1. The van der Waals surface area contributed by atoms with Crippen LogP contribution in [-0.2, 0) is 9.63 Å². The van der Waals surface area contributed by atoms with Crippen molar-refractivity contribution in [2.24, 2.45) is 11.8 Å². The second kappa shape index (κ2) is 9.11. The Morgan fingerprint density at radius 2 is 1.41 bits per heavy atom. The molecule has 7 nitrogen and oxygen atoms in total. The van der Waals surface area contributed by atoms with Crippen LogP contribution in [0.5, 0.6) is 5.75 Å². The van der Waals surface area contributed by atoms with Crippen LogP contribution in [0.4, 0.5) is 0 Å². The number of fused-ring (bicyclic) bond motifs is 1. The Hall–Kier alpha value is -3.97. The van der Waals surface area contributed by atoms with Gasteiger partial charge in [-0.05, 0) is 48.2 Å². The number of imide groups is 1. The van der Waals surface area contributed by atoms with Gasteiger partial charge in [0.2, 0.25) is 0 Å². The molecule has 3 aromatic rings. The summed E-state index contributed by atoms with van der Waals surface area (Å²) < 4.78 is 6.05. The fourth-order valence-corrected chi connectivity index (χ4v) is 4.71. The summed E-state index contributed by atoms with van der Waals surface area (Å²) in [5, 5.41) is 10.6. The van der Waals surface area contributed by atoms with E-state index in [9.17, 15) is 19.5 Å². The average Bonchev–Trinajstić information content (AvgIpc) is 3.37. The third-order valence-corrected chi connectivity index (χ3v) is 6.44. The zero-order chi connectivity index (χ0) is 23.7. The number of carbonyl (C=O) groups is 3. The number of ether oxygens (including phenoxy) is 1. The van der Waals surface area contributed by atoms with Crippen LogP contribution in [-0.4, -0.2) is 40.7 Å². The Kier molecular flexibility index (Phi) is 5.86. The van der Waals surface area contributed by atoms with E-state index in [0.717, 1.165) is 16.2 Å². The number of amides is 2. The van der Waals surface area contributed by atoms with Gasteiger partial charge in [0.05, 0.1) is 23.7 Å². The van der Waals surface area contributed by atoms with Crippen molar-refractivity contribution in [2.75, 3.05) is 6.61 Å². The second-order valence-electron chi connectivity index (χ2n) is 8.49. The van der Waals surface area contributed by atoms with Crippen LogP contribution >= 0.6 is 0 Å². The SMILES string of the molecule is O=C(O)[C@H]1[C@@H](CON2C(=O)c3ccccc3C2=O)CC[C@H]1Oc1ccc(-c2ccccc2)cc1. The Morgan fingerprint density at radius 1 is 0.824 bits per heavy atom. The van der Waals surface area contributed by atoms with Gasteiger partial charge in [0, 0.05) is 5.92 Å². The highest BCUT2D eigenvalue weighted by molar-refractivity contribution is 6.20. The van der Waals surface area contributed by atoms with Gasteiger partial charge in [-0.15, -0.1) is 5.06 Å². The Balaban J connectivity index is 1.24. The second-order valence-corrected chi connectivity index (χ2v) is 8.49. The van der Waals surface area contributed by atoms with Crippen LogP contribution in [0.1, 0.15) is 33.6 Å². The summed E-state index contributed by atoms with van der Waals surface area (Å²) in [5.41, 5.74) is 2.70. The summed E-state index contributed by atoms with van der Waals surface area (Å²) in [6, 6.07) is 24.0. The van der Waals surface area contributed by atoms with Crippen LogP contribution in [0.15, 0.2) is 78.9 Å². The number of aliphatic carboxylic acids is 1. The first-order chi connectivity index (χ1) is 16.5. The summed E-state index contributed by atoms with van der Waals surface area (Å²) in [6.45, 7) is -0.0603. The average molecular weight is 457 g/mol. The molecule has 1 saturated carbocycles. The Bertz CT molecular complexity index is 1190. The van der Waals surface area contributed by atoms with E-state index < -0.39 is 35.7 Å². The molecule has 2 amide bonds. The van der Waals surface area contributed by atoms with E-state index in [4.69, 9.17) is 9.57 Å². The summed E-state index contributed by atoms with van der Waals surface area (Å²) >= 11 is 0. The number of hydrogen-bond acceptors (Lipinski definition) is 5. The maximum atomic E-state index is 12.5. The first kappa shape index (κ1) is 21.9. The highest BCUT2D eigenvalue weighted by Gasteiger charge is 2.44. The van der Waals surface area contributed by atoms with Crippen LogP contribution in [0.2, 0.25) is 0 Å². The summed E-state index contributed by atoms with van der Waals surface area (Å²) in [4.78, 5) is 42.6. The van der Waals surface area contributed by atoms with Gasteiger partial charge in [-0.25, -0.2) is 0 Å². The fraction of sp³-hybridized carbons (Fsp3) is 0.222. The lowest BCUT2D eigenvalue weighted by Crippen LogP contribution is -2.37. The van der Waals surface area contributed by atoms with E-state index in [-0.39, 0.29) is 17.7 Å². The molecule has 172 valence electrons. The zero-order valence-electron chi connectivity index (χ0n) is 18.3. The van der Waals surface area contributed by atoms with Crippen molar-refractivity contribution in [3.8, 4) is 16.9 Å². The van der Waals surface area contributed by atoms with Crippen LogP contribution in [0.25, 0.3) is 11.1 Å². The lowest BCUT2D eigenvalue weighted by atomic mass is 9.95. The van der Waals surface area contributed by atoms with Gasteiger partial charge in [0.15, 0.2) is 0 Å². The molecule has 1 fully saturated rings. The van der Waals surface area contributed by atoms with Gasteiger partial charge in [-0.2, -0.15) is 0 Å². The lowest BCUT2D eigenvalue weighted by molar-refractivity contribution is -0.150. The first-order valence-electron chi connectivity index (χ1n) is 11.2. The molecule has 1 heterocycles. The van der Waals surface area contributed by atoms with Gasteiger partial charge in [-0.3, -0.25) is 19.2 Å². The van der Waals surface area contributed by atoms with Crippen molar-refractivity contribution < 1.29 is 29.1 Å². The van der Waals surface area contributed by atoms with E-state index in [1.54, 1.807) is 24.3 Å². The first-order valence-corrected chi connectivity index (χ1v) is 11.2. The Labute approximate surface area is 196 Å². The number of carboxylic acid groups (broad SMARTS) is 1. The largest absolute Gasteiger partial charge is 0.490 e. The quantitative estimate of drug-likeness (QED) is 0.528.